The molecule has 0 aliphatic carbocycles. The molecular formula is C45H69ClN12O4. The number of hydrogen-bond donors (Lipinski definition) is 5. The van der Waals surface area contributed by atoms with Crippen LogP contribution in [0.2, 0.25) is 5.15 Å². The van der Waals surface area contributed by atoms with Crippen LogP contribution in [-0.4, -0.2) is 77.8 Å². The highest BCUT2D eigenvalue weighted by Gasteiger charge is 2.25. The molecule has 8 rings (SSSR count). The predicted octanol–water partition coefficient (Wildman–Crippen LogP) is 6.89. The summed E-state index contributed by atoms with van der Waals surface area (Å²) in [5.74, 6) is 2.51. The molecule has 17 heteroatoms. The SMILES string of the molecule is C.C.C.CCc1cnn2c(NCc3ccc[n+]([O-])c3)cc(Cl)nc12.CCc1cnn2c(NCc3ccc[n+]([O-])c3)cc(N3CCCC[C@H]3CCO)nc12.OCC[C@@H]1CCCCN1. The molecule has 2 aliphatic heterocycles. The summed E-state index contributed by atoms with van der Waals surface area (Å²) in [6.45, 7) is 7.77. The lowest BCUT2D eigenvalue weighted by atomic mass is 9.99. The quantitative estimate of drug-likeness (QED) is 0.0459. The van der Waals surface area contributed by atoms with Crippen molar-refractivity contribution in [1.29, 1.82) is 0 Å². The fourth-order valence-electron chi connectivity index (χ4n) is 7.55. The number of aryl methyl sites for hydroxylation is 2. The molecule has 6 aromatic heterocycles. The number of halogens is 1. The van der Waals surface area contributed by atoms with Gasteiger partial charge in [-0.1, -0.05) is 54.1 Å². The average molecular weight is 878 g/mol. The Morgan fingerprint density at radius 2 is 1.34 bits per heavy atom. The van der Waals surface area contributed by atoms with Crippen molar-refractivity contribution in [1.82, 2.24) is 34.5 Å². The predicted molar refractivity (Wildman–Crippen MR) is 249 cm³/mol. The average Bonchev–Trinajstić information content (AvgIpc) is 3.87. The Bertz CT molecular complexity index is 2220. The van der Waals surface area contributed by atoms with Gasteiger partial charge in [-0.3, -0.25) is 0 Å². The fourth-order valence-corrected chi connectivity index (χ4v) is 7.73. The van der Waals surface area contributed by atoms with E-state index in [1.54, 1.807) is 35.1 Å². The Labute approximate surface area is 372 Å². The van der Waals surface area contributed by atoms with Crippen LogP contribution in [0.15, 0.2) is 73.6 Å². The number of pyridine rings is 2. The molecule has 0 spiro atoms. The van der Waals surface area contributed by atoms with E-state index in [2.05, 4.69) is 43.0 Å². The zero-order valence-corrected chi connectivity index (χ0v) is 34.8. The second kappa shape index (κ2) is 25.6. The van der Waals surface area contributed by atoms with Gasteiger partial charge in [0.2, 0.25) is 0 Å². The molecule has 2 fully saturated rings. The van der Waals surface area contributed by atoms with Gasteiger partial charge in [0.05, 0.1) is 12.4 Å². The molecule has 0 amide bonds. The zero-order valence-electron chi connectivity index (χ0n) is 34.0. The first-order chi connectivity index (χ1) is 28.8. The maximum absolute atomic E-state index is 11.5. The van der Waals surface area contributed by atoms with Crippen molar-refractivity contribution in [3.8, 4) is 0 Å². The van der Waals surface area contributed by atoms with E-state index in [1.807, 2.05) is 35.8 Å². The molecule has 0 radical (unpaired) electrons. The Morgan fingerprint density at radius 1 is 0.774 bits per heavy atom. The summed E-state index contributed by atoms with van der Waals surface area (Å²) in [5.41, 5.74) is 5.51. The molecule has 16 nitrogen and oxygen atoms in total. The Kier molecular flexibility index (Phi) is 21.1. The maximum Gasteiger partial charge on any atom is 0.185 e. The summed E-state index contributed by atoms with van der Waals surface area (Å²) >= 11 is 6.07. The van der Waals surface area contributed by atoms with Crippen LogP contribution in [0.4, 0.5) is 17.5 Å². The first-order valence-electron chi connectivity index (χ1n) is 20.8. The highest BCUT2D eigenvalue weighted by Crippen LogP contribution is 2.29. The monoisotopic (exact) mass is 877 g/mol. The topological polar surface area (TPSA) is 194 Å². The van der Waals surface area contributed by atoms with Crippen molar-refractivity contribution in [2.75, 3.05) is 41.8 Å². The maximum atomic E-state index is 11.5. The number of nitrogens with zero attached hydrogens (tertiary/aromatic N) is 9. The number of fused-ring (bicyclic) bond motifs is 2. The molecular weight excluding hydrogens is 808 g/mol. The molecule has 5 N–H and O–H groups in total. The minimum Gasteiger partial charge on any atom is -0.619 e. The van der Waals surface area contributed by atoms with Crippen LogP contribution >= 0.6 is 11.6 Å². The smallest absolute Gasteiger partial charge is 0.185 e. The van der Waals surface area contributed by atoms with Gasteiger partial charge >= 0.3 is 0 Å². The summed E-state index contributed by atoms with van der Waals surface area (Å²) in [6, 6.07) is 11.9. The number of hydrogen-bond acceptors (Lipinski definition) is 12. The minimum atomic E-state index is 0. The molecule has 2 saturated heterocycles. The van der Waals surface area contributed by atoms with Crippen LogP contribution in [0, 0.1) is 10.4 Å². The molecule has 0 aromatic carbocycles. The summed E-state index contributed by atoms with van der Waals surface area (Å²) in [6.07, 6.45) is 20.3. The van der Waals surface area contributed by atoms with E-state index in [9.17, 15) is 15.5 Å². The molecule has 0 saturated carbocycles. The van der Waals surface area contributed by atoms with Crippen molar-refractivity contribution >= 4 is 40.3 Å². The summed E-state index contributed by atoms with van der Waals surface area (Å²) in [7, 11) is 0. The minimum absolute atomic E-state index is 0. The normalized spacial score (nSPS) is 15.8. The third kappa shape index (κ3) is 13.6. The zero-order chi connectivity index (χ0) is 41.6. The van der Waals surface area contributed by atoms with Gasteiger partial charge in [0.25, 0.3) is 0 Å². The number of aromatic nitrogens is 8. The van der Waals surface area contributed by atoms with Crippen LogP contribution in [-0.2, 0) is 25.9 Å². The highest BCUT2D eigenvalue weighted by atomic mass is 35.5. The number of nitrogens with one attached hydrogen (secondary N) is 3. The van der Waals surface area contributed by atoms with E-state index in [0.717, 1.165) is 112 Å². The lowest BCUT2D eigenvalue weighted by Crippen LogP contribution is -2.40. The van der Waals surface area contributed by atoms with Crippen molar-refractivity contribution < 1.29 is 19.7 Å². The lowest BCUT2D eigenvalue weighted by Gasteiger charge is -2.36. The van der Waals surface area contributed by atoms with E-state index in [0.29, 0.717) is 36.9 Å². The van der Waals surface area contributed by atoms with Crippen molar-refractivity contribution in [2.24, 2.45) is 0 Å². The fraction of sp³-hybridized carbons (Fsp3) is 0.511. The third-order valence-electron chi connectivity index (χ3n) is 10.7. The van der Waals surface area contributed by atoms with Gasteiger partial charge in [-0.15, -0.1) is 0 Å². The molecule has 62 heavy (non-hydrogen) atoms. The Balaban J connectivity index is 0.000000272. The van der Waals surface area contributed by atoms with Crippen LogP contribution in [0.25, 0.3) is 11.3 Å². The van der Waals surface area contributed by atoms with Gasteiger partial charge < -0.3 is 41.5 Å². The lowest BCUT2D eigenvalue weighted by molar-refractivity contribution is -0.606. The van der Waals surface area contributed by atoms with E-state index in [1.165, 1.54) is 44.3 Å². The molecule has 340 valence electrons. The second-order valence-electron chi connectivity index (χ2n) is 14.8. The Hall–Kier alpha value is -5.29. The van der Waals surface area contributed by atoms with Gasteiger partial charge in [-0.2, -0.15) is 28.7 Å². The van der Waals surface area contributed by atoms with Crippen molar-refractivity contribution in [3.63, 3.8) is 0 Å². The van der Waals surface area contributed by atoms with E-state index in [-0.39, 0.29) is 28.9 Å². The standard InChI is InChI=1S/C21H28N6O2.C14H14ClN5O.C7H15NO.3CH4/c1-2-17-14-23-27-19(22-13-16-6-5-9-25(29)15-16)12-20(24-21(17)27)26-10-4-3-7-18(26)8-11-28;1-2-11-8-17-20-13(6-12(15)18-14(11)20)16-7-10-4-3-5-19(21)9-10;9-6-4-7-3-1-2-5-8-7;;;/h5-6,9,12,14-15,18,22,28H,2-4,7-8,10-11,13H2,1H3;3-6,8-9,16H,2,7H2,1H3;7-9H,1-6H2;3*1H4/t18-;;7-;;;/m0.0.../s1. The molecule has 8 heterocycles. The third-order valence-corrected chi connectivity index (χ3v) is 10.9. The Morgan fingerprint density at radius 3 is 1.87 bits per heavy atom. The van der Waals surface area contributed by atoms with Gasteiger partial charge in [-0.05, 0) is 76.5 Å². The number of anilines is 3. The summed E-state index contributed by atoms with van der Waals surface area (Å²) in [5, 5.41) is 60.2. The largest absolute Gasteiger partial charge is 0.619 e. The van der Waals surface area contributed by atoms with Crippen LogP contribution < -0.4 is 30.3 Å². The molecule has 2 atom stereocenters. The number of aliphatic hydroxyl groups excluding tert-OH is 2. The van der Waals surface area contributed by atoms with E-state index < -0.39 is 0 Å². The van der Waals surface area contributed by atoms with Gasteiger partial charge in [0.15, 0.2) is 36.1 Å². The van der Waals surface area contributed by atoms with E-state index in [4.69, 9.17) is 21.7 Å². The second-order valence-corrected chi connectivity index (χ2v) is 15.2. The number of aliphatic hydroxyl groups is 2. The van der Waals surface area contributed by atoms with E-state index >= 15 is 0 Å². The van der Waals surface area contributed by atoms with Gasteiger partial charge in [0.1, 0.15) is 22.6 Å². The van der Waals surface area contributed by atoms with Crippen LogP contribution in [0.5, 0.6) is 0 Å². The number of rotatable bonds is 13. The van der Waals surface area contributed by atoms with Gasteiger partial charge in [0, 0.05) is 91.5 Å². The summed E-state index contributed by atoms with van der Waals surface area (Å²) < 4.78 is 5.14. The highest BCUT2D eigenvalue weighted by molar-refractivity contribution is 6.29. The van der Waals surface area contributed by atoms with Crippen LogP contribution in [0.3, 0.4) is 0 Å². The van der Waals surface area contributed by atoms with Crippen LogP contribution in [0.1, 0.15) is 110 Å². The number of piperidine rings is 2. The molecule has 6 aromatic rings. The summed E-state index contributed by atoms with van der Waals surface area (Å²) in [4.78, 5) is 11.6. The van der Waals surface area contributed by atoms with Crippen molar-refractivity contribution in [3.05, 3.63) is 111 Å². The molecule has 0 bridgehead atoms. The molecule has 0 unspecified atom stereocenters. The first kappa shape index (κ1) is 51.1. The molecule has 2 aliphatic rings. The van der Waals surface area contributed by atoms with Gasteiger partial charge in [-0.25, -0.2) is 9.97 Å². The first-order valence-corrected chi connectivity index (χ1v) is 21.1. The van der Waals surface area contributed by atoms with Crippen molar-refractivity contribution in [2.45, 2.75) is 126 Å².